The van der Waals surface area contributed by atoms with Crippen LogP contribution in [0.3, 0.4) is 0 Å². The monoisotopic (exact) mass is 372 g/mol. The number of hydrogen-bond acceptors (Lipinski definition) is 3. The summed E-state index contributed by atoms with van der Waals surface area (Å²) in [6.45, 7) is 7.03. The molecule has 0 saturated heterocycles. The third-order valence-corrected chi connectivity index (χ3v) is 4.30. The number of carboxylic acid groups (broad SMARTS) is 1. The van der Waals surface area contributed by atoms with Crippen LogP contribution in [0.1, 0.15) is 124 Å². The van der Waals surface area contributed by atoms with E-state index in [1.54, 1.807) is 0 Å². The minimum absolute atomic E-state index is 0.0202. The zero-order valence-corrected chi connectivity index (χ0v) is 17.7. The molecule has 26 heavy (non-hydrogen) atoms. The van der Waals surface area contributed by atoms with Gasteiger partial charge in [-0.05, 0) is 6.42 Å². The van der Waals surface area contributed by atoms with Crippen molar-refractivity contribution < 1.29 is 19.4 Å². The van der Waals surface area contributed by atoms with Crippen LogP contribution in [0.5, 0.6) is 0 Å². The molecule has 0 unspecified atom stereocenters. The summed E-state index contributed by atoms with van der Waals surface area (Å²) in [4.78, 5) is 21.4. The van der Waals surface area contributed by atoms with E-state index >= 15 is 0 Å². The number of esters is 1. The SMILES string of the molecule is CCCC.CCCCCCCCCCCCCCOC(=O)CCC(=O)O. The van der Waals surface area contributed by atoms with Gasteiger partial charge < -0.3 is 9.84 Å². The maximum atomic E-state index is 11.2. The molecule has 156 valence electrons. The van der Waals surface area contributed by atoms with Crippen molar-refractivity contribution in [2.24, 2.45) is 0 Å². The van der Waals surface area contributed by atoms with Crippen LogP contribution in [0, 0.1) is 0 Å². The molecule has 0 rings (SSSR count). The van der Waals surface area contributed by atoms with E-state index in [-0.39, 0.29) is 12.8 Å². The molecule has 4 heteroatoms. The van der Waals surface area contributed by atoms with Crippen molar-refractivity contribution in [2.75, 3.05) is 6.61 Å². The fraction of sp³-hybridized carbons (Fsp3) is 0.909. The summed E-state index contributed by atoms with van der Waals surface area (Å²) in [6, 6.07) is 0. The van der Waals surface area contributed by atoms with Gasteiger partial charge in [-0.3, -0.25) is 9.59 Å². The number of hydrogen-bond donors (Lipinski definition) is 1. The van der Waals surface area contributed by atoms with Crippen LogP contribution in [-0.4, -0.2) is 23.7 Å². The predicted octanol–water partition coefficient (Wildman–Crippen LogP) is 6.90. The van der Waals surface area contributed by atoms with Gasteiger partial charge >= 0.3 is 11.9 Å². The van der Waals surface area contributed by atoms with Gasteiger partial charge in [-0.1, -0.05) is 104 Å². The Morgan fingerprint density at radius 3 is 1.42 bits per heavy atom. The van der Waals surface area contributed by atoms with E-state index in [9.17, 15) is 9.59 Å². The highest BCUT2D eigenvalue weighted by Gasteiger charge is 2.05. The molecule has 0 spiro atoms. The van der Waals surface area contributed by atoms with Crippen molar-refractivity contribution in [1.29, 1.82) is 0 Å². The van der Waals surface area contributed by atoms with E-state index in [0.29, 0.717) is 6.61 Å². The lowest BCUT2D eigenvalue weighted by Gasteiger charge is -2.04. The first-order valence-corrected chi connectivity index (χ1v) is 11.0. The highest BCUT2D eigenvalue weighted by Crippen LogP contribution is 2.11. The van der Waals surface area contributed by atoms with Gasteiger partial charge in [0.1, 0.15) is 0 Å². The van der Waals surface area contributed by atoms with Crippen molar-refractivity contribution in [3.8, 4) is 0 Å². The molecule has 0 saturated carbocycles. The first kappa shape index (κ1) is 27.2. The second-order valence-electron chi connectivity index (χ2n) is 7.00. The third-order valence-electron chi connectivity index (χ3n) is 4.30. The average molecular weight is 373 g/mol. The molecule has 1 N–H and O–H groups in total. The Hall–Kier alpha value is -1.06. The molecule has 0 aliphatic carbocycles. The largest absolute Gasteiger partial charge is 0.481 e. The lowest BCUT2D eigenvalue weighted by Crippen LogP contribution is -2.08. The van der Waals surface area contributed by atoms with Crippen molar-refractivity contribution in [2.45, 2.75) is 124 Å². The van der Waals surface area contributed by atoms with Crippen molar-refractivity contribution in [3.63, 3.8) is 0 Å². The Morgan fingerprint density at radius 2 is 1.04 bits per heavy atom. The number of aliphatic carboxylic acids is 1. The van der Waals surface area contributed by atoms with Gasteiger partial charge in [-0.25, -0.2) is 0 Å². The fourth-order valence-corrected chi connectivity index (χ4v) is 2.41. The molecule has 0 aliphatic rings. The van der Waals surface area contributed by atoms with Crippen LogP contribution >= 0.6 is 0 Å². The Balaban J connectivity index is 0. The Morgan fingerprint density at radius 1 is 0.615 bits per heavy atom. The minimum atomic E-state index is -0.956. The smallest absolute Gasteiger partial charge is 0.306 e. The van der Waals surface area contributed by atoms with Gasteiger partial charge in [0.25, 0.3) is 0 Å². The number of carbonyl (C=O) groups is 2. The summed E-state index contributed by atoms with van der Waals surface area (Å²) >= 11 is 0. The maximum absolute atomic E-state index is 11.2. The Bertz CT molecular complexity index is 301. The van der Waals surface area contributed by atoms with Crippen molar-refractivity contribution in [1.82, 2.24) is 0 Å². The molecular weight excluding hydrogens is 328 g/mol. The van der Waals surface area contributed by atoms with Crippen molar-refractivity contribution >= 4 is 11.9 Å². The van der Waals surface area contributed by atoms with Crippen LogP contribution in [0.15, 0.2) is 0 Å². The van der Waals surface area contributed by atoms with Gasteiger partial charge in [0.15, 0.2) is 0 Å². The van der Waals surface area contributed by atoms with E-state index in [2.05, 4.69) is 20.8 Å². The van der Waals surface area contributed by atoms with Gasteiger partial charge in [0.05, 0.1) is 19.4 Å². The molecule has 0 fully saturated rings. The summed E-state index contributed by atoms with van der Waals surface area (Å²) in [5.74, 6) is -1.35. The molecule has 0 heterocycles. The summed E-state index contributed by atoms with van der Waals surface area (Å²) in [6.07, 6.45) is 17.8. The standard InChI is InChI=1S/C18H34O4.C4H10/c1-2-3-4-5-6-7-8-9-10-11-12-13-16-22-18(21)15-14-17(19)20;1-3-4-2/h2-16H2,1H3,(H,19,20);3-4H2,1-2H3. The quantitative estimate of drug-likeness (QED) is 0.223. The number of carboxylic acids is 1. The molecule has 0 aromatic heterocycles. The number of rotatable bonds is 17. The normalized spacial score (nSPS) is 10.1. The van der Waals surface area contributed by atoms with E-state index in [0.717, 1.165) is 12.8 Å². The third kappa shape index (κ3) is 27.8. The Kier molecular flexibility index (Phi) is 25.0. The maximum Gasteiger partial charge on any atom is 0.306 e. The molecule has 4 nitrogen and oxygen atoms in total. The number of unbranched alkanes of at least 4 members (excludes halogenated alkanes) is 12. The van der Waals surface area contributed by atoms with Gasteiger partial charge in [0.2, 0.25) is 0 Å². The first-order valence-electron chi connectivity index (χ1n) is 11.0. The predicted molar refractivity (Wildman–Crippen MR) is 109 cm³/mol. The van der Waals surface area contributed by atoms with Gasteiger partial charge in [-0.15, -0.1) is 0 Å². The van der Waals surface area contributed by atoms with Gasteiger partial charge in [-0.2, -0.15) is 0 Å². The molecule has 0 radical (unpaired) electrons. The molecular formula is C22H44O4. The Labute approximate surface area is 162 Å². The lowest BCUT2D eigenvalue weighted by atomic mass is 10.1. The molecule has 0 aliphatic heterocycles. The highest BCUT2D eigenvalue weighted by atomic mass is 16.5. The average Bonchev–Trinajstić information content (AvgIpc) is 2.64. The molecule has 0 aromatic rings. The van der Waals surface area contributed by atoms with Crippen LogP contribution in [0.25, 0.3) is 0 Å². The first-order chi connectivity index (χ1) is 12.6. The van der Waals surface area contributed by atoms with Crippen LogP contribution < -0.4 is 0 Å². The fourth-order valence-electron chi connectivity index (χ4n) is 2.41. The second kappa shape index (κ2) is 23.9. The topological polar surface area (TPSA) is 63.6 Å². The van der Waals surface area contributed by atoms with E-state index in [1.807, 2.05) is 0 Å². The minimum Gasteiger partial charge on any atom is -0.481 e. The van der Waals surface area contributed by atoms with E-state index in [1.165, 1.54) is 77.0 Å². The molecule has 0 bridgehead atoms. The summed E-state index contributed by atoms with van der Waals surface area (Å²) in [7, 11) is 0. The lowest BCUT2D eigenvalue weighted by molar-refractivity contribution is -0.147. The van der Waals surface area contributed by atoms with Crippen molar-refractivity contribution in [3.05, 3.63) is 0 Å². The molecule has 0 atom stereocenters. The molecule has 0 aromatic carbocycles. The summed E-state index contributed by atoms with van der Waals surface area (Å²) in [5, 5.41) is 8.44. The molecule has 0 amide bonds. The van der Waals surface area contributed by atoms with Gasteiger partial charge in [0, 0.05) is 0 Å². The second-order valence-corrected chi connectivity index (χ2v) is 7.00. The van der Waals surface area contributed by atoms with Crippen LogP contribution in [0.2, 0.25) is 0 Å². The van der Waals surface area contributed by atoms with E-state index < -0.39 is 11.9 Å². The summed E-state index contributed by atoms with van der Waals surface area (Å²) < 4.78 is 4.98. The number of ether oxygens (including phenoxy) is 1. The number of carbonyl (C=O) groups excluding carboxylic acids is 1. The van der Waals surface area contributed by atoms with Crippen LogP contribution in [0.4, 0.5) is 0 Å². The highest BCUT2D eigenvalue weighted by molar-refractivity contribution is 5.76. The summed E-state index contributed by atoms with van der Waals surface area (Å²) in [5.41, 5.74) is 0. The van der Waals surface area contributed by atoms with Crippen LogP contribution in [-0.2, 0) is 14.3 Å². The zero-order chi connectivity index (χ0) is 19.9. The zero-order valence-electron chi connectivity index (χ0n) is 17.7. The van der Waals surface area contributed by atoms with E-state index in [4.69, 9.17) is 9.84 Å².